The Morgan fingerprint density at radius 1 is 0.917 bits per heavy atom. The Kier molecular flexibility index (Phi) is 6.47. The van der Waals surface area contributed by atoms with Crippen molar-refractivity contribution in [3.05, 3.63) is 33.8 Å². The molecule has 5 rings (SSSR count). The molecule has 3 fully saturated rings. The average Bonchev–Trinajstić information content (AvgIpc) is 3.25. The molecule has 0 unspecified atom stereocenters. The number of allylic oxidation sites excluding steroid dienone is 2. The zero-order chi connectivity index (χ0) is 25.9. The molecule has 6 atom stereocenters. The number of methoxy groups -OCH3 is 1. The Hall–Kier alpha value is -2.68. The number of fused-ring (bicyclic) bond motifs is 4. The molecule has 0 spiro atoms. The fourth-order valence-electron chi connectivity index (χ4n) is 6.91. The second-order valence-corrected chi connectivity index (χ2v) is 11.1. The van der Waals surface area contributed by atoms with Gasteiger partial charge >= 0.3 is 0 Å². The lowest BCUT2D eigenvalue weighted by Gasteiger charge is -2.44. The fourth-order valence-corrected chi connectivity index (χ4v) is 7.37. The molecular weight excluding hydrogens is 528 g/mol. The smallest absolute Gasteiger partial charge is 0.234 e. The van der Waals surface area contributed by atoms with Crippen LogP contribution in [0, 0.1) is 29.6 Å². The van der Waals surface area contributed by atoms with Crippen LogP contribution in [0.1, 0.15) is 51.0 Å². The lowest BCUT2D eigenvalue weighted by molar-refractivity contribution is -0.142. The van der Waals surface area contributed by atoms with Crippen molar-refractivity contribution in [2.75, 3.05) is 20.2 Å². The lowest BCUT2D eigenvalue weighted by Crippen LogP contribution is -2.43. The van der Waals surface area contributed by atoms with Crippen molar-refractivity contribution in [3.63, 3.8) is 0 Å². The van der Waals surface area contributed by atoms with Gasteiger partial charge in [-0.25, -0.2) is 0 Å². The summed E-state index contributed by atoms with van der Waals surface area (Å²) < 4.78 is 5.81. The third-order valence-corrected chi connectivity index (χ3v) is 8.96. The highest BCUT2D eigenvalue weighted by atomic mass is 79.9. The normalized spacial score (nSPS) is 31.4. The van der Waals surface area contributed by atoms with Crippen LogP contribution in [0.15, 0.2) is 28.3 Å². The van der Waals surface area contributed by atoms with Crippen molar-refractivity contribution in [2.24, 2.45) is 29.6 Å². The first-order chi connectivity index (χ1) is 17.2. The number of benzene rings is 1. The summed E-state index contributed by atoms with van der Waals surface area (Å²) in [7, 11) is 1.46. The fraction of sp³-hybridized carbons (Fsp3) is 0.556. The van der Waals surface area contributed by atoms with E-state index in [1.54, 1.807) is 12.1 Å². The van der Waals surface area contributed by atoms with Gasteiger partial charge < -0.3 is 9.84 Å². The maximum Gasteiger partial charge on any atom is 0.234 e. The van der Waals surface area contributed by atoms with Gasteiger partial charge in [0.1, 0.15) is 0 Å². The van der Waals surface area contributed by atoms with Gasteiger partial charge in [0.25, 0.3) is 0 Å². The number of imide groups is 2. The molecule has 1 aromatic rings. The number of nitrogens with zero attached hydrogens (tertiary/aromatic N) is 2. The Balaban J connectivity index is 1.65. The van der Waals surface area contributed by atoms with Crippen molar-refractivity contribution >= 4 is 39.6 Å². The minimum absolute atomic E-state index is 0.0453. The molecule has 0 radical (unpaired) electrons. The van der Waals surface area contributed by atoms with Crippen molar-refractivity contribution in [1.82, 2.24) is 9.80 Å². The van der Waals surface area contributed by atoms with Crippen molar-refractivity contribution < 1.29 is 29.0 Å². The predicted molar refractivity (Wildman–Crippen MR) is 134 cm³/mol. The molecule has 2 aliphatic heterocycles. The number of hydrogen-bond acceptors (Lipinski definition) is 6. The molecule has 1 N–H and O–H groups in total. The second-order valence-electron chi connectivity index (χ2n) is 10.2. The molecule has 4 aliphatic rings. The zero-order valence-electron chi connectivity index (χ0n) is 20.7. The molecule has 0 bridgehead atoms. The number of rotatable bonds is 6. The highest BCUT2D eigenvalue weighted by molar-refractivity contribution is 9.10. The largest absolute Gasteiger partial charge is 0.503 e. The monoisotopic (exact) mass is 558 g/mol. The van der Waals surface area contributed by atoms with Crippen molar-refractivity contribution in [2.45, 2.75) is 45.4 Å². The number of phenols is 1. The summed E-state index contributed by atoms with van der Waals surface area (Å²) in [6.45, 7) is 4.62. The molecule has 0 aromatic heterocycles. The third-order valence-electron chi connectivity index (χ3n) is 8.36. The van der Waals surface area contributed by atoms with Crippen LogP contribution < -0.4 is 4.74 Å². The van der Waals surface area contributed by atoms with Crippen LogP contribution in [-0.4, -0.2) is 58.7 Å². The van der Waals surface area contributed by atoms with E-state index >= 15 is 0 Å². The molecule has 9 heteroatoms. The number of phenolic OH excluding ortho intramolecular Hbond substituents is 1. The van der Waals surface area contributed by atoms with Gasteiger partial charge in [-0.3, -0.25) is 29.0 Å². The summed E-state index contributed by atoms with van der Waals surface area (Å²) >= 11 is 3.40. The lowest BCUT2D eigenvalue weighted by atomic mass is 9.57. The summed E-state index contributed by atoms with van der Waals surface area (Å²) in [5, 5.41) is 10.4. The molecule has 8 nitrogen and oxygen atoms in total. The number of hydrogen-bond donors (Lipinski definition) is 1. The summed E-state index contributed by atoms with van der Waals surface area (Å²) in [5.41, 5.74) is 1.68. The van der Waals surface area contributed by atoms with Gasteiger partial charge in [-0.05, 0) is 65.2 Å². The van der Waals surface area contributed by atoms with Crippen LogP contribution in [0.4, 0.5) is 0 Å². The molecule has 1 aromatic carbocycles. The van der Waals surface area contributed by atoms with Crippen LogP contribution in [0.3, 0.4) is 0 Å². The summed E-state index contributed by atoms with van der Waals surface area (Å²) in [5.74, 6) is -3.30. The van der Waals surface area contributed by atoms with Crippen LogP contribution in [0.2, 0.25) is 0 Å². The van der Waals surface area contributed by atoms with Gasteiger partial charge in [-0.2, -0.15) is 0 Å². The van der Waals surface area contributed by atoms with Crippen LogP contribution in [0.25, 0.3) is 0 Å². The first kappa shape index (κ1) is 25.0. The number of ether oxygens (including phenoxy) is 1. The van der Waals surface area contributed by atoms with Crippen molar-refractivity contribution in [3.8, 4) is 11.5 Å². The van der Waals surface area contributed by atoms with Gasteiger partial charge in [-0.15, -0.1) is 0 Å². The predicted octanol–water partition coefficient (Wildman–Crippen LogP) is 3.62. The molecule has 2 aliphatic carbocycles. The molecule has 36 heavy (non-hydrogen) atoms. The van der Waals surface area contributed by atoms with E-state index in [0.29, 0.717) is 43.2 Å². The number of carbonyl (C=O) groups excluding carboxylic acids is 4. The van der Waals surface area contributed by atoms with Gasteiger partial charge in [0.2, 0.25) is 23.6 Å². The molecule has 4 amide bonds. The average molecular weight is 559 g/mol. The van der Waals surface area contributed by atoms with Crippen LogP contribution >= 0.6 is 15.9 Å². The van der Waals surface area contributed by atoms with E-state index in [2.05, 4.69) is 15.9 Å². The Bertz CT molecular complexity index is 1180. The third kappa shape index (κ3) is 3.53. The second kappa shape index (κ2) is 9.32. The topological polar surface area (TPSA) is 104 Å². The zero-order valence-corrected chi connectivity index (χ0v) is 22.3. The van der Waals surface area contributed by atoms with Crippen LogP contribution in [0.5, 0.6) is 11.5 Å². The maximum atomic E-state index is 13.6. The quantitative estimate of drug-likeness (QED) is 0.422. The molecule has 2 saturated heterocycles. The minimum Gasteiger partial charge on any atom is -0.503 e. The number of likely N-dealkylation sites (tertiary alicyclic amines) is 2. The van der Waals surface area contributed by atoms with Crippen molar-refractivity contribution in [1.29, 1.82) is 0 Å². The maximum absolute atomic E-state index is 13.6. The van der Waals surface area contributed by atoms with E-state index in [9.17, 15) is 24.3 Å². The summed E-state index contributed by atoms with van der Waals surface area (Å²) in [6, 6.07) is 3.47. The van der Waals surface area contributed by atoms with Gasteiger partial charge in [-0.1, -0.05) is 25.5 Å². The summed E-state index contributed by atoms with van der Waals surface area (Å²) in [4.78, 5) is 56.5. The van der Waals surface area contributed by atoms with E-state index in [1.807, 2.05) is 19.9 Å². The highest BCUT2D eigenvalue weighted by Crippen LogP contribution is 2.58. The van der Waals surface area contributed by atoms with Crippen LogP contribution in [-0.2, 0) is 19.2 Å². The Morgan fingerprint density at radius 3 is 2.14 bits per heavy atom. The molecule has 2 heterocycles. The number of carbonyl (C=O) groups is 4. The minimum atomic E-state index is -0.594. The Labute approximate surface area is 218 Å². The van der Waals surface area contributed by atoms with E-state index in [1.165, 1.54) is 16.9 Å². The van der Waals surface area contributed by atoms with Gasteiger partial charge in [0, 0.05) is 19.0 Å². The SMILES string of the molecule is CCCN1C(=O)[C@H]2[C@H](CC=C3[C@H]2C[C@H]2C(=O)N(CCC)C(=O)[C@H]2[C@H]3c2cc(Br)c(O)c(OC)c2)C1=O. The highest BCUT2D eigenvalue weighted by Gasteiger charge is 2.61. The number of aromatic hydroxyl groups is 1. The number of amides is 4. The van der Waals surface area contributed by atoms with E-state index in [0.717, 1.165) is 11.1 Å². The molecular formula is C27H31BrN2O6. The van der Waals surface area contributed by atoms with E-state index < -0.39 is 29.6 Å². The van der Waals surface area contributed by atoms with Gasteiger partial charge in [0.15, 0.2) is 11.5 Å². The first-order valence-electron chi connectivity index (χ1n) is 12.7. The summed E-state index contributed by atoms with van der Waals surface area (Å²) in [6.07, 6.45) is 4.20. The van der Waals surface area contributed by atoms with E-state index in [4.69, 9.17) is 4.74 Å². The van der Waals surface area contributed by atoms with Gasteiger partial charge in [0.05, 0.1) is 35.3 Å². The standard InChI is InChI=1S/C27H31BrN2O6/c1-4-8-29-24(32)15-7-6-14-16(21(15)26(29)34)12-17-22(27(35)30(9-5-2)25(17)33)20(14)13-10-18(28)23(31)19(11-13)36-3/h6,10-11,15-17,20-22,31H,4-5,7-9,12H2,1-3H3/t15-,16+,17+,20-,21-,22+/m0/s1. The number of halogens is 1. The molecule has 1 saturated carbocycles. The first-order valence-corrected chi connectivity index (χ1v) is 13.5. The van der Waals surface area contributed by atoms with E-state index in [-0.39, 0.29) is 41.0 Å². The molecule has 192 valence electrons. The Morgan fingerprint density at radius 2 is 1.53 bits per heavy atom.